The van der Waals surface area contributed by atoms with Crippen LogP contribution in [0.15, 0.2) is 328 Å². The van der Waals surface area contributed by atoms with Gasteiger partial charge in [-0.25, -0.2) is 0 Å². The molecule has 16 rings (SSSR count). The average molecular weight is 1290 g/mol. The van der Waals surface area contributed by atoms with Gasteiger partial charge in [0, 0.05) is 67.0 Å². The van der Waals surface area contributed by atoms with Gasteiger partial charge in [-0.15, -0.1) is 0 Å². The molecule has 482 valence electrons. The molecule has 0 aliphatic carbocycles. The van der Waals surface area contributed by atoms with E-state index in [0.717, 1.165) is 73.6 Å². The van der Waals surface area contributed by atoms with Crippen LogP contribution in [-0.4, -0.2) is 0 Å². The summed E-state index contributed by atoms with van der Waals surface area (Å²) in [4.78, 5) is 9.76. The van der Waals surface area contributed by atoms with Gasteiger partial charge in [0.1, 0.15) is 0 Å². The van der Waals surface area contributed by atoms with Gasteiger partial charge in [0.15, 0.2) is 0 Å². The fourth-order valence-electron chi connectivity index (χ4n) is 15.1. The Labute approximate surface area is 588 Å². The van der Waals surface area contributed by atoms with Crippen molar-refractivity contribution in [1.29, 1.82) is 0 Å². The minimum absolute atomic E-state index is 1.09. The lowest BCUT2D eigenvalue weighted by molar-refractivity contribution is 1.25. The minimum atomic E-state index is 1.09. The van der Waals surface area contributed by atoms with E-state index in [2.05, 4.69) is 403 Å². The number of hydrogen-bond donors (Lipinski definition) is 0. The summed E-state index contributed by atoms with van der Waals surface area (Å²) in [5.41, 5.74) is 30.3. The first-order valence-electron chi connectivity index (χ1n) is 34.8. The van der Waals surface area contributed by atoms with Crippen LogP contribution >= 0.6 is 0 Å². The van der Waals surface area contributed by atoms with Crippen LogP contribution in [0.3, 0.4) is 0 Å². The zero-order valence-electron chi connectivity index (χ0n) is 58.0. The number of hydrogen-bond acceptors (Lipinski definition) is 4. The highest BCUT2D eigenvalue weighted by Crippen LogP contribution is 2.51. The third kappa shape index (κ3) is 11.6. The normalized spacial score (nSPS) is 11.4. The van der Waals surface area contributed by atoms with E-state index in [9.17, 15) is 0 Å². The summed E-state index contributed by atoms with van der Waals surface area (Å²) in [5, 5.41) is 9.60. The van der Waals surface area contributed by atoms with Crippen LogP contribution in [-0.2, 0) is 0 Å². The Morgan fingerprint density at radius 1 is 0.170 bits per heavy atom. The quantitative estimate of drug-likeness (QED) is 0.101. The fraction of sp³-hybridized carbons (Fsp3) is 0.0833. The maximum Gasteiger partial charge on any atom is 0.0569 e. The van der Waals surface area contributed by atoms with Crippen molar-refractivity contribution in [2.75, 3.05) is 19.6 Å². The van der Waals surface area contributed by atoms with Crippen molar-refractivity contribution in [2.45, 2.75) is 55.4 Å². The Morgan fingerprint density at radius 3 is 0.920 bits per heavy atom. The number of fused-ring (bicyclic) bond motifs is 4. The standard InChI is InChI=1S/C96H78N4/c1-63-31-47-78(48-32-63)99(79-49-33-64(2)34-50-79)95-69(7)59-91(86-27-17-19-29-88(86)95)92-60-70(8)96(89-30-20-18-28-87(89)92)100(80-51-35-65(3)36-52-80)83-53-39-66(4)90(62-83)75-46-58-85-74(61-75)41-38-68(6)94(85)98(77-24-13-10-14-25-77)82-56-44-72(45-57-82)71-42-54-81(55-43-71)97(76-22-11-9-12-23-76)93-67(5)37-40-73-21-15-16-26-84(73)93/h9-62H,1-8H3. The molecule has 0 bridgehead atoms. The third-order valence-corrected chi connectivity index (χ3v) is 20.2. The van der Waals surface area contributed by atoms with Crippen LogP contribution in [0, 0.1) is 55.4 Å². The molecule has 0 fully saturated rings. The zero-order valence-corrected chi connectivity index (χ0v) is 58.0. The molecule has 16 aromatic carbocycles. The molecule has 0 spiro atoms. The fourth-order valence-corrected chi connectivity index (χ4v) is 15.1. The largest absolute Gasteiger partial charge is 0.310 e. The van der Waals surface area contributed by atoms with Crippen LogP contribution in [0.5, 0.6) is 0 Å². The highest BCUT2D eigenvalue weighted by Gasteiger charge is 2.26. The molecule has 0 aliphatic rings. The molecule has 0 unspecified atom stereocenters. The molecule has 0 amide bonds. The van der Waals surface area contributed by atoms with Crippen molar-refractivity contribution in [3.63, 3.8) is 0 Å². The molecule has 4 heteroatoms. The Morgan fingerprint density at radius 2 is 0.480 bits per heavy atom. The third-order valence-electron chi connectivity index (χ3n) is 20.2. The van der Waals surface area contributed by atoms with Crippen molar-refractivity contribution in [1.82, 2.24) is 0 Å². The molecule has 4 nitrogen and oxygen atoms in total. The van der Waals surface area contributed by atoms with Gasteiger partial charge in [-0.2, -0.15) is 0 Å². The predicted octanol–water partition coefficient (Wildman–Crippen LogP) is 27.6. The molecule has 0 atom stereocenters. The number of benzene rings is 16. The first-order valence-corrected chi connectivity index (χ1v) is 34.8. The lowest BCUT2D eigenvalue weighted by Crippen LogP contribution is -2.13. The second-order valence-corrected chi connectivity index (χ2v) is 27.0. The van der Waals surface area contributed by atoms with E-state index in [1.807, 2.05) is 0 Å². The first kappa shape index (κ1) is 62.6. The lowest BCUT2D eigenvalue weighted by Gasteiger charge is -2.31. The van der Waals surface area contributed by atoms with Gasteiger partial charge in [0.05, 0.1) is 22.7 Å². The summed E-state index contributed by atoms with van der Waals surface area (Å²) in [6, 6.07) is 121. The van der Waals surface area contributed by atoms with Gasteiger partial charge in [0.25, 0.3) is 0 Å². The maximum atomic E-state index is 2.49. The second kappa shape index (κ2) is 26.3. The Hall–Kier alpha value is -12.2. The molecular weight excluding hydrogens is 1210 g/mol. The van der Waals surface area contributed by atoms with Gasteiger partial charge < -0.3 is 19.6 Å². The first-order chi connectivity index (χ1) is 48.9. The average Bonchev–Trinajstić information content (AvgIpc) is 0.741. The Balaban J connectivity index is 0.761. The predicted molar refractivity (Wildman–Crippen MR) is 429 cm³/mol. The number of aryl methyl sites for hydroxylation is 8. The topological polar surface area (TPSA) is 13.0 Å². The second-order valence-electron chi connectivity index (χ2n) is 27.0. The molecule has 16 aromatic rings. The van der Waals surface area contributed by atoms with Gasteiger partial charge in [-0.05, 0) is 253 Å². The van der Waals surface area contributed by atoms with E-state index in [-0.39, 0.29) is 0 Å². The van der Waals surface area contributed by atoms with Gasteiger partial charge in [-0.3, -0.25) is 0 Å². The van der Waals surface area contributed by atoms with Crippen molar-refractivity contribution in [2.24, 2.45) is 0 Å². The van der Waals surface area contributed by atoms with E-state index >= 15 is 0 Å². The number of anilines is 12. The van der Waals surface area contributed by atoms with E-state index in [1.54, 1.807) is 0 Å². The highest BCUT2D eigenvalue weighted by atomic mass is 15.2. The monoisotopic (exact) mass is 1290 g/mol. The van der Waals surface area contributed by atoms with Crippen LogP contribution in [0.4, 0.5) is 68.2 Å². The molecule has 0 saturated carbocycles. The summed E-state index contributed by atoms with van der Waals surface area (Å²) in [5.74, 6) is 0. The maximum absolute atomic E-state index is 2.49. The van der Waals surface area contributed by atoms with Gasteiger partial charge in [-0.1, -0.05) is 229 Å². The summed E-state index contributed by atoms with van der Waals surface area (Å²) >= 11 is 0. The van der Waals surface area contributed by atoms with Crippen molar-refractivity contribution < 1.29 is 0 Å². The SMILES string of the molecule is Cc1ccc(N(c2ccc(C)cc2)c2c(C)cc(-c3cc(C)c(N(c4ccc(C)cc4)c4ccc(C)c(-c5ccc6c(N(c7ccccc7)c7ccc(-c8ccc(N(c9ccccc9)c9c(C)ccc%10ccccc9%10)cc8)cc7)c(C)ccc6c5)c4)c4ccccc34)c3ccccc23)cc1. The lowest BCUT2D eigenvalue weighted by atomic mass is 9.88. The molecule has 0 N–H and O–H groups in total. The van der Waals surface area contributed by atoms with Crippen molar-refractivity contribution in [3.8, 4) is 33.4 Å². The summed E-state index contributed by atoms with van der Waals surface area (Å²) in [7, 11) is 0. The molecule has 100 heavy (non-hydrogen) atoms. The van der Waals surface area contributed by atoms with Crippen LogP contribution < -0.4 is 19.6 Å². The molecular formula is C96H78N4. The van der Waals surface area contributed by atoms with E-state index in [0.29, 0.717) is 0 Å². The molecule has 0 aliphatic heterocycles. The summed E-state index contributed by atoms with van der Waals surface area (Å²) in [6.07, 6.45) is 0. The highest BCUT2D eigenvalue weighted by molar-refractivity contribution is 6.15. The van der Waals surface area contributed by atoms with Gasteiger partial charge in [0.2, 0.25) is 0 Å². The number of rotatable bonds is 15. The van der Waals surface area contributed by atoms with Crippen LogP contribution in [0.25, 0.3) is 76.5 Å². The smallest absolute Gasteiger partial charge is 0.0569 e. The van der Waals surface area contributed by atoms with Crippen LogP contribution in [0.2, 0.25) is 0 Å². The van der Waals surface area contributed by atoms with E-state index in [1.165, 1.54) is 116 Å². The molecule has 0 aromatic heterocycles. The van der Waals surface area contributed by atoms with Crippen LogP contribution in [0.1, 0.15) is 44.5 Å². The van der Waals surface area contributed by atoms with Crippen molar-refractivity contribution in [3.05, 3.63) is 372 Å². The number of para-hydroxylation sites is 2. The summed E-state index contributed by atoms with van der Waals surface area (Å²) in [6.45, 7) is 17.8. The Bertz CT molecular complexity index is 5680. The summed E-state index contributed by atoms with van der Waals surface area (Å²) < 4.78 is 0. The van der Waals surface area contributed by atoms with Crippen molar-refractivity contribution >= 4 is 111 Å². The molecule has 0 saturated heterocycles. The zero-order chi connectivity index (χ0) is 68.1. The molecule has 0 radical (unpaired) electrons. The van der Waals surface area contributed by atoms with E-state index < -0.39 is 0 Å². The minimum Gasteiger partial charge on any atom is -0.310 e. The Kier molecular flexibility index (Phi) is 16.5. The molecule has 0 heterocycles. The van der Waals surface area contributed by atoms with Gasteiger partial charge >= 0.3 is 0 Å². The number of nitrogens with zero attached hydrogens (tertiary/aromatic N) is 4. The van der Waals surface area contributed by atoms with E-state index in [4.69, 9.17) is 0 Å².